The number of nitrogens with one attached hydrogen (secondary N) is 1. The summed E-state index contributed by atoms with van der Waals surface area (Å²) in [7, 11) is 0. The van der Waals surface area contributed by atoms with E-state index in [9.17, 15) is 0 Å². The van der Waals surface area contributed by atoms with Gasteiger partial charge >= 0.3 is 0 Å². The highest BCUT2D eigenvalue weighted by Crippen LogP contribution is 2.28. The molecule has 0 aromatic carbocycles. The Balaban J connectivity index is 2.16. The lowest BCUT2D eigenvalue weighted by Gasteiger charge is -2.34. The molecule has 1 aliphatic heterocycles. The van der Waals surface area contributed by atoms with Crippen LogP contribution in [0, 0.1) is 11.3 Å². The van der Waals surface area contributed by atoms with Gasteiger partial charge in [-0.15, -0.1) is 0 Å². The molecule has 0 aromatic heterocycles. The van der Waals surface area contributed by atoms with Gasteiger partial charge in [0, 0.05) is 19.8 Å². The Bertz CT molecular complexity index is 187. The standard InChI is InChI=1S/C15H31NO/c1-4-6-7-14(5-2)12-16-13-15(3)8-10-17-11-9-15/h14,16H,4-13H2,1-3H3. The van der Waals surface area contributed by atoms with Crippen molar-refractivity contribution in [2.75, 3.05) is 26.3 Å². The molecule has 17 heavy (non-hydrogen) atoms. The van der Waals surface area contributed by atoms with Gasteiger partial charge in [-0.25, -0.2) is 0 Å². The molecule has 2 nitrogen and oxygen atoms in total. The van der Waals surface area contributed by atoms with Crippen molar-refractivity contribution in [2.24, 2.45) is 11.3 Å². The minimum Gasteiger partial charge on any atom is -0.381 e. The van der Waals surface area contributed by atoms with E-state index in [0.29, 0.717) is 5.41 Å². The van der Waals surface area contributed by atoms with Gasteiger partial charge in [0.15, 0.2) is 0 Å². The first-order chi connectivity index (χ1) is 8.20. The molecule has 0 bridgehead atoms. The van der Waals surface area contributed by atoms with Crippen molar-refractivity contribution in [3.8, 4) is 0 Å². The van der Waals surface area contributed by atoms with E-state index in [-0.39, 0.29) is 0 Å². The molecule has 0 amide bonds. The van der Waals surface area contributed by atoms with Crippen LogP contribution in [0.25, 0.3) is 0 Å². The van der Waals surface area contributed by atoms with Crippen LogP contribution in [0.5, 0.6) is 0 Å². The molecule has 1 fully saturated rings. The maximum absolute atomic E-state index is 5.44. The van der Waals surface area contributed by atoms with Gasteiger partial charge < -0.3 is 10.1 Å². The van der Waals surface area contributed by atoms with E-state index < -0.39 is 0 Å². The second-order valence-corrected chi connectivity index (χ2v) is 5.97. The maximum atomic E-state index is 5.44. The van der Waals surface area contributed by atoms with Crippen LogP contribution in [0.1, 0.15) is 59.3 Å². The zero-order valence-electron chi connectivity index (χ0n) is 12.1. The van der Waals surface area contributed by atoms with Crippen molar-refractivity contribution in [3.05, 3.63) is 0 Å². The van der Waals surface area contributed by atoms with E-state index in [0.717, 1.165) is 19.1 Å². The summed E-state index contributed by atoms with van der Waals surface area (Å²) in [4.78, 5) is 0. The predicted molar refractivity (Wildman–Crippen MR) is 74.3 cm³/mol. The molecule has 1 saturated heterocycles. The molecule has 1 N–H and O–H groups in total. The third-order valence-corrected chi connectivity index (χ3v) is 4.23. The Morgan fingerprint density at radius 3 is 2.53 bits per heavy atom. The van der Waals surface area contributed by atoms with Crippen molar-refractivity contribution in [3.63, 3.8) is 0 Å². The summed E-state index contributed by atoms with van der Waals surface area (Å²) < 4.78 is 5.44. The van der Waals surface area contributed by atoms with E-state index >= 15 is 0 Å². The molecule has 1 atom stereocenters. The Morgan fingerprint density at radius 2 is 1.94 bits per heavy atom. The summed E-state index contributed by atoms with van der Waals surface area (Å²) in [6.45, 7) is 11.3. The van der Waals surface area contributed by atoms with Crippen molar-refractivity contribution in [2.45, 2.75) is 59.3 Å². The van der Waals surface area contributed by atoms with Crippen LogP contribution in [0.4, 0.5) is 0 Å². The summed E-state index contributed by atoms with van der Waals surface area (Å²) in [6, 6.07) is 0. The SMILES string of the molecule is CCCCC(CC)CNCC1(C)CCOCC1. The first-order valence-electron chi connectivity index (χ1n) is 7.48. The van der Waals surface area contributed by atoms with Gasteiger partial charge in [-0.3, -0.25) is 0 Å². The minimum absolute atomic E-state index is 0.474. The van der Waals surface area contributed by atoms with Crippen molar-refractivity contribution >= 4 is 0 Å². The van der Waals surface area contributed by atoms with E-state index in [1.165, 1.54) is 51.6 Å². The summed E-state index contributed by atoms with van der Waals surface area (Å²) in [5.74, 6) is 0.874. The Hall–Kier alpha value is -0.0800. The smallest absolute Gasteiger partial charge is 0.0471 e. The zero-order chi connectivity index (χ0) is 12.6. The van der Waals surface area contributed by atoms with Gasteiger partial charge in [-0.1, -0.05) is 40.0 Å². The lowest BCUT2D eigenvalue weighted by atomic mass is 9.82. The van der Waals surface area contributed by atoms with Crippen LogP contribution >= 0.6 is 0 Å². The first-order valence-corrected chi connectivity index (χ1v) is 7.48. The highest BCUT2D eigenvalue weighted by molar-refractivity contribution is 4.79. The summed E-state index contributed by atoms with van der Waals surface area (Å²) in [5.41, 5.74) is 0.474. The van der Waals surface area contributed by atoms with E-state index in [1.54, 1.807) is 0 Å². The Kier molecular flexibility index (Phi) is 7.14. The fraction of sp³-hybridized carbons (Fsp3) is 1.00. The molecule has 1 rings (SSSR count). The second kappa shape index (κ2) is 8.10. The van der Waals surface area contributed by atoms with Crippen LogP contribution < -0.4 is 5.32 Å². The lowest BCUT2D eigenvalue weighted by molar-refractivity contribution is 0.0237. The third kappa shape index (κ3) is 5.87. The van der Waals surface area contributed by atoms with Gasteiger partial charge in [0.25, 0.3) is 0 Å². The molecule has 0 spiro atoms. The molecule has 102 valence electrons. The van der Waals surface area contributed by atoms with E-state index in [1.807, 2.05) is 0 Å². The molecule has 1 aliphatic rings. The zero-order valence-corrected chi connectivity index (χ0v) is 12.1. The fourth-order valence-electron chi connectivity index (χ4n) is 2.56. The monoisotopic (exact) mass is 241 g/mol. The normalized spacial score (nSPS) is 21.4. The number of hydrogen-bond donors (Lipinski definition) is 1. The van der Waals surface area contributed by atoms with Crippen LogP contribution in [-0.4, -0.2) is 26.3 Å². The van der Waals surface area contributed by atoms with Crippen molar-refractivity contribution in [1.82, 2.24) is 5.32 Å². The van der Waals surface area contributed by atoms with Gasteiger partial charge in [-0.05, 0) is 37.1 Å². The average molecular weight is 241 g/mol. The highest BCUT2D eigenvalue weighted by Gasteiger charge is 2.26. The largest absolute Gasteiger partial charge is 0.381 e. The van der Waals surface area contributed by atoms with Gasteiger partial charge in [-0.2, -0.15) is 0 Å². The molecule has 0 aliphatic carbocycles. The molecule has 2 heteroatoms. The number of hydrogen-bond acceptors (Lipinski definition) is 2. The fourth-order valence-corrected chi connectivity index (χ4v) is 2.56. The molecule has 1 heterocycles. The first kappa shape index (κ1) is 15.0. The molecule has 0 aromatic rings. The Morgan fingerprint density at radius 1 is 1.24 bits per heavy atom. The average Bonchev–Trinajstić information content (AvgIpc) is 2.34. The summed E-state index contributed by atoms with van der Waals surface area (Å²) in [6.07, 6.45) is 7.83. The molecule has 0 radical (unpaired) electrons. The van der Waals surface area contributed by atoms with Gasteiger partial charge in [0.05, 0.1) is 0 Å². The number of rotatable bonds is 8. The van der Waals surface area contributed by atoms with Crippen LogP contribution in [0.2, 0.25) is 0 Å². The molecular weight excluding hydrogens is 210 g/mol. The topological polar surface area (TPSA) is 21.3 Å². The summed E-state index contributed by atoms with van der Waals surface area (Å²) in [5, 5.41) is 3.70. The lowest BCUT2D eigenvalue weighted by Crippen LogP contribution is -2.38. The predicted octanol–water partition coefficient (Wildman–Crippen LogP) is 3.61. The molecule has 0 saturated carbocycles. The molecule has 1 unspecified atom stereocenters. The van der Waals surface area contributed by atoms with Crippen LogP contribution in [0.15, 0.2) is 0 Å². The quantitative estimate of drug-likeness (QED) is 0.701. The number of unbranched alkanes of at least 4 members (excludes halogenated alkanes) is 1. The Labute approximate surface area is 108 Å². The second-order valence-electron chi connectivity index (χ2n) is 5.97. The number of ether oxygens (including phenoxy) is 1. The summed E-state index contributed by atoms with van der Waals surface area (Å²) >= 11 is 0. The minimum atomic E-state index is 0.474. The molecular formula is C15H31NO. The van der Waals surface area contributed by atoms with Crippen LogP contribution in [0.3, 0.4) is 0 Å². The highest BCUT2D eigenvalue weighted by atomic mass is 16.5. The maximum Gasteiger partial charge on any atom is 0.0471 e. The van der Waals surface area contributed by atoms with Crippen LogP contribution in [-0.2, 0) is 4.74 Å². The van der Waals surface area contributed by atoms with Gasteiger partial charge in [0.1, 0.15) is 0 Å². The van der Waals surface area contributed by atoms with Crippen molar-refractivity contribution < 1.29 is 4.74 Å². The van der Waals surface area contributed by atoms with Crippen molar-refractivity contribution in [1.29, 1.82) is 0 Å². The van der Waals surface area contributed by atoms with Gasteiger partial charge in [0.2, 0.25) is 0 Å². The van der Waals surface area contributed by atoms with E-state index in [4.69, 9.17) is 4.74 Å². The third-order valence-electron chi connectivity index (χ3n) is 4.23. The van der Waals surface area contributed by atoms with E-state index in [2.05, 4.69) is 26.1 Å².